The first-order valence-corrected chi connectivity index (χ1v) is 9.11. The Morgan fingerprint density at radius 1 is 1.33 bits per heavy atom. The lowest BCUT2D eigenvalue weighted by molar-refractivity contribution is -0.163. The topological polar surface area (TPSA) is 110 Å². The zero-order valence-corrected chi connectivity index (χ0v) is 13.6. The Bertz CT molecular complexity index is 748. The first kappa shape index (κ1) is 16.7. The van der Waals surface area contributed by atoms with Gasteiger partial charge in [-0.3, -0.25) is 0 Å². The monoisotopic (exact) mass is 355 g/mol. The van der Waals surface area contributed by atoms with Crippen molar-refractivity contribution in [2.24, 2.45) is 0 Å². The lowest BCUT2D eigenvalue weighted by Gasteiger charge is -2.33. The Morgan fingerprint density at radius 3 is 2.67 bits per heavy atom. The number of carboxylic acid groups (broad SMARTS) is 1. The molecule has 8 nitrogen and oxygen atoms in total. The number of rotatable bonds is 3. The molecule has 2 aliphatic heterocycles. The van der Waals surface area contributed by atoms with Crippen LogP contribution in [0.1, 0.15) is 5.56 Å². The largest absolute Gasteiger partial charge is 0.479 e. The van der Waals surface area contributed by atoms with Crippen molar-refractivity contribution in [3.8, 4) is 0 Å². The van der Waals surface area contributed by atoms with Crippen LogP contribution in [0.15, 0.2) is 30.3 Å². The summed E-state index contributed by atoms with van der Waals surface area (Å²) in [7, 11) is -3.65. The van der Waals surface area contributed by atoms with Gasteiger partial charge in [-0.2, -0.15) is 0 Å². The summed E-state index contributed by atoms with van der Waals surface area (Å²) in [5.74, 6) is -1.63. The predicted octanol–water partition coefficient (Wildman–Crippen LogP) is 0.276. The molecule has 2 aliphatic rings. The van der Waals surface area contributed by atoms with E-state index in [0.29, 0.717) is 0 Å². The zero-order valence-electron chi connectivity index (χ0n) is 12.8. The maximum Gasteiger partial charge on any atom is 0.410 e. The molecule has 0 radical (unpaired) electrons. The molecular weight excluding hydrogens is 338 g/mol. The molecule has 2 heterocycles. The molecule has 1 aromatic carbocycles. The summed E-state index contributed by atoms with van der Waals surface area (Å²) >= 11 is 0. The third kappa shape index (κ3) is 2.84. The molecule has 1 amide bonds. The van der Waals surface area contributed by atoms with Crippen molar-refractivity contribution in [3.63, 3.8) is 0 Å². The van der Waals surface area contributed by atoms with Gasteiger partial charge >= 0.3 is 12.1 Å². The second kappa shape index (κ2) is 6.06. The number of hydrogen-bond acceptors (Lipinski definition) is 6. The Hall–Kier alpha value is -2.13. The standard InChI is InChI=1S/C15H17NO7S/c17-13(18)15-10-16(8-12(15)24(20,21)7-6-23-15)14(19)22-9-11-4-2-1-3-5-11/h1-5,12H,6-10H2,(H,17,18)/t12-,15+/m1/s1. The molecule has 0 saturated carbocycles. The smallest absolute Gasteiger partial charge is 0.410 e. The minimum Gasteiger partial charge on any atom is -0.479 e. The number of sulfone groups is 1. The molecule has 0 aliphatic carbocycles. The van der Waals surface area contributed by atoms with Crippen LogP contribution in [0.5, 0.6) is 0 Å². The quantitative estimate of drug-likeness (QED) is 0.829. The molecule has 0 bridgehead atoms. The molecule has 130 valence electrons. The lowest BCUT2D eigenvalue weighted by Crippen LogP contribution is -2.59. The van der Waals surface area contributed by atoms with Gasteiger partial charge in [0.05, 0.1) is 18.9 Å². The van der Waals surface area contributed by atoms with E-state index < -0.39 is 32.8 Å². The van der Waals surface area contributed by atoms with Gasteiger partial charge in [-0.15, -0.1) is 0 Å². The van der Waals surface area contributed by atoms with Crippen LogP contribution in [0.25, 0.3) is 0 Å². The molecule has 9 heteroatoms. The van der Waals surface area contributed by atoms with Gasteiger partial charge in [0.15, 0.2) is 9.84 Å². The van der Waals surface area contributed by atoms with Crippen LogP contribution >= 0.6 is 0 Å². The van der Waals surface area contributed by atoms with E-state index in [1.807, 2.05) is 6.07 Å². The van der Waals surface area contributed by atoms with Crippen molar-refractivity contribution in [2.75, 3.05) is 25.4 Å². The van der Waals surface area contributed by atoms with Crippen molar-refractivity contribution in [2.45, 2.75) is 17.5 Å². The third-order valence-electron chi connectivity index (χ3n) is 4.32. The van der Waals surface area contributed by atoms with Crippen LogP contribution in [-0.2, 0) is 30.7 Å². The summed E-state index contributed by atoms with van der Waals surface area (Å²) in [4.78, 5) is 24.9. The molecule has 0 spiro atoms. The van der Waals surface area contributed by atoms with Crippen molar-refractivity contribution in [1.82, 2.24) is 4.90 Å². The number of carbonyl (C=O) groups excluding carboxylic acids is 1. The first-order valence-electron chi connectivity index (χ1n) is 7.40. The third-order valence-corrected chi connectivity index (χ3v) is 6.45. The van der Waals surface area contributed by atoms with E-state index >= 15 is 0 Å². The predicted molar refractivity (Wildman–Crippen MR) is 82.1 cm³/mol. The molecule has 24 heavy (non-hydrogen) atoms. The van der Waals surface area contributed by atoms with Gasteiger partial charge < -0.3 is 19.5 Å². The highest BCUT2D eigenvalue weighted by atomic mass is 32.2. The van der Waals surface area contributed by atoms with Gasteiger partial charge in [0.1, 0.15) is 11.9 Å². The van der Waals surface area contributed by atoms with E-state index in [1.54, 1.807) is 24.3 Å². The Kier molecular flexibility index (Phi) is 4.22. The average molecular weight is 355 g/mol. The van der Waals surface area contributed by atoms with Gasteiger partial charge in [0, 0.05) is 6.54 Å². The number of nitrogens with zero attached hydrogens (tertiary/aromatic N) is 1. The molecule has 2 fully saturated rings. The summed E-state index contributed by atoms with van der Waals surface area (Å²) < 4.78 is 34.9. The molecule has 1 aromatic rings. The minimum absolute atomic E-state index is 0.0223. The number of amides is 1. The summed E-state index contributed by atoms with van der Waals surface area (Å²) in [5, 5.41) is 8.19. The SMILES string of the molecule is O=C(OCc1ccccc1)N1C[C@@H]2[C@](C(=O)O)(C1)OCCS2(=O)=O. The number of carbonyl (C=O) groups is 2. The number of likely N-dealkylation sites (tertiary alicyclic amines) is 1. The van der Waals surface area contributed by atoms with E-state index in [9.17, 15) is 23.1 Å². The maximum atomic E-state index is 12.2. The van der Waals surface area contributed by atoms with Gasteiger partial charge in [-0.1, -0.05) is 30.3 Å². The average Bonchev–Trinajstić information content (AvgIpc) is 2.96. The van der Waals surface area contributed by atoms with Crippen LogP contribution in [-0.4, -0.2) is 66.8 Å². The zero-order chi connectivity index (χ0) is 17.4. The van der Waals surface area contributed by atoms with Crippen LogP contribution in [0, 0.1) is 0 Å². The van der Waals surface area contributed by atoms with Gasteiger partial charge in [0.2, 0.25) is 5.60 Å². The van der Waals surface area contributed by atoms with Crippen molar-refractivity contribution in [3.05, 3.63) is 35.9 Å². The molecule has 0 unspecified atom stereocenters. The number of fused-ring (bicyclic) bond motifs is 1. The highest BCUT2D eigenvalue weighted by Crippen LogP contribution is 2.35. The number of benzene rings is 1. The fraction of sp³-hybridized carbons (Fsp3) is 0.467. The second-order valence-electron chi connectivity index (χ2n) is 5.82. The highest BCUT2D eigenvalue weighted by Gasteiger charge is 2.62. The van der Waals surface area contributed by atoms with E-state index in [1.165, 1.54) is 0 Å². The second-order valence-corrected chi connectivity index (χ2v) is 8.12. The number of carboxylic acids is 1. The highest BCUT2D eigenvalue weighted by molar-refractivity contribution is 7.92. The normalized spacial score (nSPS) is 28.2. The summed E-state index contributed by atoms with van der Waals surface area (Å²) in [6.07, 6.45) is -0.757. The van der Waals surface area contributed by atoms with E-state index in [0.717, 1.165) is 10.5 Å². The van der Waals surface area contributed by atoms with Crippen LogP contribution in [0.3, 0.4) is 0 Å². The summed E-state index contributed by atoms with van der Waals surface area (Å²) in [6, 6.07) is 8.99. The van der Waals surface area contributed by atoms with Crippen LogP contribution in [0.2, 0.25) is 0 Å². The molecular formula is C15H17NO7S. The Labute approximate surface area is 138 Å². The van der Waals surface area contributed by atoms with Gasteiger partial charge in [-0.05, 0) is 5.56 Å². The minimum atomic E-state index is -3.65. The summed E-state index contributed by atoms with van der Waals surface area (Å²) in [6.45, 7) is -0.769. The van der Waals surface area contributed by atoms with Gasteiger partial charge in [-0.25, -0.2) is 18.0 Å². The number of hydrogen-bond donors (Lipinski definition) is 1. The van der Waals surface area contributed by atoms with Gasteiger partial charge in [0.25, 0.3) is 0 Å². The number of ether oxygens (including phenoxy) is 2. The molecule has 1 N–H and O–H groups in total. The molecule has 3 rings (SSSR count). The fourth-order valence-corrected chi connectivity index (χ4v) is 4.87. The van der Waals surface area contributed by atoms with Crippen LogP contribution in [0.4, 0.5) is 4.79 Å². The molecule has 0 aromatic heterocycles. The Balaban J connectivity index is 1.74. The van der Waals surface area contributed by atoms with Crippen molar-refractivity contribution >= 4 is 21.9 Å². The fourth-order valence-electron chi connectivity index (χ4n) is 3.04. The van der Waals surface area contributed by atoms with Crippen LogP contribution < -0.4 is 0 Å². The lowest BCUT2D eigenvalue weighted by atomic mass is 10.0. The van der Waals surface area contributed by atoms with Crippen molar-refractivity contribution < 1.29 is 32.6 Å². The maximum absolute atomic E-state index is 12.2. The molecule has 2 atom stereocenters. The van der Waals surface area contributed by atoms with E-state index in [4.69, 9.17) is 9.47 Å². The number of aliphatic carboxylic acids is 1. The summed E-state index contributed by atoms with van der Waals surface area (Å²) in [5.41, 5.74) is -1.14. The van der Waals surface area contributed by atoms with E-state index in [2.05, 4.69) is 0 Å². The molecule has 2 saturated heterocycles. The first-order chi connectivity index (χ1) is 11.3. The van der Waals surface area contributed by atoms with Crippen molar-refractivity contribution in [1.29, 1.82) is 0 Å². The van der Waals surface area contributed by atoms with E-state index in [-0.39, 0.29) is 32.1 Å². The Morgan fingerprint density at radius 2 is 2.04 bits per heavy atom.